The third kappa shape index (κ3) is 3.68. The van der Waals surface area contributed by atoms with E-state index in [0.29, 0.717) is 29.4 Å². The van der Waals surface area contributed by atoms with Crippen LogP contribution in [0.1, 0.15) is 0 Å². The molecule has 1 aromatic rings. The van der Waals surface area contributed by atoms with Gasteiger partial charge in [-0.15, -0.1) is 0 Å². The van der Waals surface area contributed by atoms with Crippen LogP contribution in [-0.4, -0.2) is 45.7 Å². The molecule has 1 rings (SSSR count). The summed E-state index contributed by atoms with van der Waals surface area (Å²) >= 11 is 0. The summed E-state index contributed by atoms with van der Waals surface area (Å²) in [7, 11) is 4.64. The molecule has 1 aromatic carbocycles. The molecule has 0 aromatic heterocycles. The van der Waals surface area contributed by atoms with Crippen LogP contribution in [0.25, 0.3) is 0 Å². The van der Waals surface area contributed by atoms with Crippen LogP contribution in [-0.2, 0) is 4.74 Å². The summed E-state index contributed by atoms with van der Waals surface area (Å²) in [5.41, 5.74) is 7.08. The molecule has 1 unspecified atom stereocenters. The van der Waals surface area contributed by atoms with Gasteiger partial charge in [0.25, 0.3) is 0 Å². The maximum absolute atomic E-state index is 9.54. The Balaban J connectivity index is 2.76. The molecule has 0 bridgehead atoms. The number of nitrogen functional groups attached to an aromatic ring is 1. The Labute approximate surface area is 107 Å². The lowest BCUT2D eigenvalue weighted by molar-refractivity contribution is 0.0727. The highest BCUT2D eigenvalue weighted by Gasteiger charge is 2.10. The molecule has 1 atom stereocenters. The van der Waals surface area contributed by atoms with Gasteiger partial charge in [-0.1, -0.05) is 0 Å². The van der Waals surface area contributed by atoms with Gasteiger partial charge in [0.15, 0.2) is 11.5 Å². The van der Waals surface area contributed by atoms with Crippen molar-refractivity contribution in [1.29, 1.82) is 0 Å². The van der Waals surface area contributed by atoms with E-state index in [1.807, 2.05) is 0 Å². The molecule has 102 valence electrons. The monoisotopic (exact) mass is 256 g/mol. The van der Waals surface area contributed by atoms with Gasteiger partial charge in [0.1, 0.15) is 0 Å². The third-order valence-electron chi connectivity index (χ3n) is 2.44. The third-order valence-corrected chi connectivity index (χ3v) is 2.44. The largest absolute Gasteiger partial charge is 0.493 e. The topological polar surface area (TPSA) is 86.0 Å². The van der Waals surface area contributed by atoms with E-state index >= 15 is 0 Å². The summed E-state index contributed by atoms with van der Waals surface area (Å²) < 4.78 is 15.2. The smallest absolute Gasteiger partial charge is 0.162 e. The number of aliphatic hydroxyl groups excluding tert-OH is 1. The minimum Gasteiger partial charge on any atom is -0.493 e. The zero-order valence-electron chi connectivity index (χ0n) is 10.9. The van der Waals surface area contributed by atoms with E-state index < -0.39 is 6.10 Å². The van der Waals surface area contributed by atoms with Gasteiger partial charge in [0.05, 0.1) is 38.3 Å². The van der Waals surface area contributed by atoms with Gasteiger partial charge in [-0.25, -0.2) is 0 Å². The van der Waals surface area contributed by atoms with Crippen LogP contribution in [0.2, 0.25) is 0 Å². The van der Waals surface area contributed by atoms with Crippen molar-refractivity contribution in [3.8, 4) is 11.5 Å². The molecule has 0 spiro atoms. The number of hydrogen-bond acceptors (Lipinski definition) is 6. The Hall–Kier alpha value is -1.66. The second-order valence-corrected chi connectivity index (χ2v) is 3.78. The lowest BCUT2D eigenvalue weighted by Crippen LogP contribution is -2.24. The average molecular weight is 256 g/mol. The highest BCUT2D eigenvalue weighted by molar-refractivity contribution is 5.72. The quantitative estimate of drug-likeness (QED) is 0.623. The summed E-state index contributed by atoms with van der Waals surface area (Å²) in [4.78, 5) is 0. The zero-order chi connectivity index (χ0) is 13.5. The fourth-order valence-electron chi connectivity index (χ4n) is 1.53. The normalized spacial score (nSPS) is 12.0. The summed E-state index contributed by atoms with van der Waals surface area (Å²) in [5, 5.41) is 12.6. The number of hydrogen-bond donors (Lipinski definition) is 3. The number of nitrogens with two attached hydrogens (primary N) is 1. The predicted octanol–water partition coefficient (Wildman–Crippen LogP) is 0.705. The van der Waals surface area contributed by atoms with Crippen LogP contribution >= 0.6 is 0 Å². The molecule has 0 heterocycles. The molecule has 6 nitrogen and oxygen atoms in total. The van der Waals surface area contributed by atoms with E-state index in [-0.39, 0.29) is 6.61 Å². The lowest BCUT2D eigenvalue weighted by atomic mass is 10.2. The maximum atomic E-state index is 9.54. The van der Waals surface area contributed by atoms with Gasteiger partial charge in [0, 0.05) is 25.8 Å². The van der Waals surface area contributed by atoms with Crippen molar-refractivity contribution in [2.24, 2.45) is 0 Å². The molecular formula is C12H20N2O4. The fourth-order valence-corrected chi connectivity index (χ4v) is 1.53. The molecule has 18 heavy (non-hydrogen) atoms. The molecule has 4 N–H and O–H groups in total. The molecule has 0 aliphatic rings. The van der Waals surface area contributed by atoms with Crippen molar-refractivity contribution in [1.82, 2.24) is 0 Å². The first-order valence-corrected chi connectivity index (χ1v) is 5.54. The van der Waals surface area contributed by atoms with E-state index in [4.69, 9.17) is 19.9 Å². The molecule has 0 fully saturated rings. The van der Waals surface area contributed by atoms with E-state index in [9.17, 15) is 5.11 Å². The maximum Gasteiger partial charge on any atom is 0.162 e. The number of nitrogens with one attached hydrogen (secondary N) is 1. The number of methoxy groups -OCH3 is 3. The van der Waals surface area contributed by atoms with E-state index in [1.165, 1.54) is 7.11 Å². The van der Waals surface area contributed by atoms with Crippen molar-refractivity contribution < 1.29 is 19.3 Å². The van der Waals surface area contributed by atoms with E-state index in [0.717, 1.165) is 0 Å². The van der Waals surface area contributed by atoms with Gasteiger partial charge in [-0.2, -0.15) is 0 Å². The minimum atomic E-state index is -0.595. The first kappa shape index (κ1) is 14.4. The van der Waals surface area contributed by atoms with Crippen LogP contribution in [0.3, 0.4) is 0 Å². The van der Waals surface area contributed by atoms with E-state index in [1.54, 1.807) is 26.4 Å². The molecule has 0 saturated heterocycles. The highest BCUT2D eigenvalue weighted by Crippen LogP contribution is 2.34. The predicted molar refractivity (Wildman–Crippen MR) is 70.3 cm³/mol. The van der Waals surface area contributed by atoms with Gasteiger partial charge < -0.3 is 30.4 Å². The first-order valence-electron chi connectivity index (χ1n) is 5.54. The Morgan fingerprint density at radius 2 is 1.83 bits per heavy atom. The lowest BCUT2D eigenvalue weighted by Gasteiger charge is -2.16. The zero-order valence-corrected chi connectivity index (χ0v) is 10.9. The number of aliphatic hydroxyl groups is 1. The van der Waals surface area contributed by atoms with Crippen molar-refractivity contribution in [3.63, 3.8) is 0 Å². The number of rotatable bonds is 7. The molecule has 0 aliphatic carbocycles. The Kier molecular flexibility index (Phi) is 5.54. The first-order chi connectivity index (χ1) is 8.62. The molecule has 0 aliphatic heterocycles. The number of anilines is 2. The van der Waals surface area contributed by atoms with Gasteiger partial charge in [0.2, 0.25) is 0 Å². The molecule has 6 heteroatoms. The van der Waals surface area contributed by atoms with Crippen molar-refractivity contribution >= 4 is 11.4 Å². The SMILES string of the molecule is COCC(O)CNc1cc(OC)c(OC)cc1N. The fraction of sp³-hybridized carbons (Fsp3) is 0.500. The van der Waals surface area contributed by atoms with Crippen molar-refractivity contribution in [2.75, 3.05) is 45.5 Å². The second kappa shape index (κ2) is 6.93. The summed E-state index contributed by atoms with van der Waals surface area (Å²) in [5.74, 6) is 1.15. The standard InChI is InChI=1S/C12H20N2O4/c1-16-7-8(15)6-14-10-5-12(18-3)11(17-2)4-9(10)13/h4-5,8,14-15H,6-7,13H2,1-3H3. The Morgan fingerprint density at radius 3 is 2.39 bits per heavy atom. The molecule has 0 radical (unpaired) electrons. The Morgan fingerprint density at radius 1 is 1.22 bits per heavy atom. The van der Waals surface area contributed by atoms with Crippen LogP contribution < -0.4 is 20.5 Å². The second-order valence-electron chi connectivity index (χ2n) is 3.78. The van der Waals surface area contributed by atoms with Gasteiger partial charge in [-0.05, 0) is 0 Å². The van der Waals surface area contributed by atoms with Crippen molar-refractivity contribution in [2.45, 2.75) is 6.10 Å². The minimum absolute atomic E-state index is 0.264. The number of benzene rings is 1. The Bertz CT molecular complexity index is 385. The van der Waals surface area contributed by atoms with Crippen LogP contribution in [0.15, 0.2) is 12.1 Å². The highest BCUT2D eigenvalue weighted by atomic mass is 16.5. The molecule has 0 saturated carbocycles. The van der Waals surface area contributed by atoms with Crippen molar-refractivity contribution in [3.05, 3.63) is 12.1 Å². The van der Waals surface area contributed by atoms with Crippen LogP contribution in [0.5, 0.6) is 11.5 Å². The summed E-state index contributed by atoms with van der Waals surface area (Å²) in [6.45, 7) is 0.605. The van der Waals surface area contributed by atoms with Gasteiger partial charge >= 0.3 is 0 Å². The van der Waals surface area contributed by atoms with Crippen LogP contribution in [0.4, 0.5) is 11.4 Å². The summed E-state index contributed by atoms with van der Waals surface area (Å²) in [6, 6.07) is 3.40. The molecule has 0 amide bonds. The molecular weight excluding hydrogens is 236 g/mol. The number of ether oxygens (including phenoxy) is 3. The average Bonchev–Trinajstić information content (AvgIpc) is 2.37. The van der Waals surface area contributed by atoms with Gasteiger partial charge in [-0.3, -0.25) is 0 Å². The van der Waals surface area contributed by atoms with Crippen LogP contribution in [0, 0.1) is 0 Å². The summed E-state index contributed by atoms with van der Waals surface area (Å²) in [6.07, 6.45) is -0.595. The van der Waals surface area contributed by atoms with E-state index in [2.05, 4.69) is 5.32 Å².